The summed E-state index contributed by atoms with van der Waals surface area (Å²) >= 11 is 5.82. The van der Waals surface area contributed by atoms with Gasteiger partial charge in [0.15, 0.2) is 0 Å². The first kappa shape index (κ1) is 10.3. The second-order valence-corrected chi connectivity index (χ2v) is 3.69. The zero-order chi connectivity index (χ0) is 10.0. The van der Waals surface area contributed by atoms with Crippen molar-refractivity contribution in [2.75, 3.05) is 11.9 Å². The summed E-state index contributed by atoms with van der Waals surface area (Å²) in [5, 5.41) is 0.495. The first-order valence-corrected chi connectivity index (χ1v) is 4.62. The smallest absolute Gasteiger partial charge is 0.134 e. The third-order valence-corrected chi connectivity index (χ3v) is 2.12. The molecule has 0 unspecified atom stereocenters. The number of nitrogens with zero attached hydrogens (tertiary/aromatic N) is 3. The Hall–Kier alpha value is -0.830. The van der Waals surface area contributed by atoms with E-state index >= 15 is 0 Å². The van der Waals surface area contributed by atoms with Gasteiger partial charge in [-0.1, -0.05) is 11.6 Å². The quantitative estimate of drug-likeness (QED) is 0.685. The number of aryl methyl sites for hydroxylation is 1. The van der Waals surface area contributed by atoms with Crippen molar-refractivity contribution >= 4 is 17.4 Å². The number of rotatable bonds is 2. The summed E-state index contributed by atoms with van der Waals surface area (Å²) in [5.41, 5.74) is 0. The molecule has 0 aliphatic rings. The van der Waals surface area contributed by atoms with Gasteiger partial charge in [-0.25, -0.2) is 9.97 Å². The summed E-state index contributed by atoms with van der Waals surface area (Å²) in [4.78, 5) is 10.3. The first-order valence-electron chi connectivity index (χ1n) is 4.24. The molecule has 0 fully saturated rings. The molecule has 1 aromatic rings. The molecule has 1 rings (SSSR count). The predicted molar refractivity (Wildman–Crippen MR) is 55.3 cm³/mol. The standard InChI is InChI=1S/C9H14ClN3/c1-6(2)13(4)9-5-8(10)11-7(3)12-9/h5-6H,1-4H3. The van der Waals surface area contributed by atoms with E-state index in [0.717, 1.165) is 5.82 Å². The second kappa shape index (κ2) is 3.92. The third kappa shape index (κ3) is 2.56. The lowest BCUT2D eigenvalue weighted by atomic mass is 10.3. The van der Waals surface area contributed by atoms with E-state index in [2.05, 4.69) is 28.7 Å². The number of hydrogen-bond acceptors (Lipinski definition) is 3. The summed E-state index contributed by atoms with van der Waals surface area (Å²) in [6.07, 6.45) is 0. The monoisotopic (exact) mass is 199 g/mol. The summed E-state index contributed by atoms with van der Waals surface area (Å²) in [5.74, 6) is 1.57. The molecular formula is C9H14ClN3. The van der Waals surface area contributed by atoms with Crippen LogP contribution in [0.2, 0.25) is 5.15 Å². The molecule has 13 heavy (non-hydrogen) atoms. The van der Waals surface area contributed by atoms with E-state index in [1.165, 1.54) is 0 Å². The van der Waals surface area contributed by atoms with E-state index in [0.29, 0.717) is 17.0 Å². The normalized spacial score (nSPS) is 10.6. The highest BCUT2D eigenvalue weighted by molar-refractivity contribution is 6.29. The van der Waals surface area contributed by atoms with Crippen LogP contribution in [0.25, 0.3) is 0 Å². The average molecular weight is 200 g/mol. The highest BCUT2D eigenvalue weighted by atomic mass is 35.5. The largest absolute Gasteiger partial charge is 0.357 e. The summed E-state index contributed by atoms with van der Waals surface area (Å²) in [6, 6.07) is 2.18. The van der Waals surface area contributed by atoms with Crippen LogP contribution in [0.15, 0.2) is 6.07 Å². The van der Waals surface area contributed by atoms with Crippen molar-refractivity contribution in [2.24, 2.45) is 0 Å². The maximum atomic E-state index is 5.82. The summed E-state index contributed by atoms with van der Waals surface area (Å²) < 4.78 is 0. The van der Waals surface area contributed by atoms with Crippen molar-refractivity contribution in [2.45, 2.75) is 26.8 Å². The number of anilines is 1. The molecule has 0 N–H and O–H groups in total. The van der Waals surface area contributed by atoms with Crippen LogP contribution in [0.5, 0.6) is 0 Å². The van der Waals surface area contributed by atoms with Crippen LogP contribution < -0.4 is 4.90 Å². The molecule has 0 aromatic carbocycles. The number of halogens is 1. The zero-order valence-electron chi connectivity index (χ0n) is 8.37. The maximum absolute atomic E-state index is 5.82. The Balaban J connectivity index is 3.01. The van der Waals surface area contributed by atoms with Crippen molar-refractivity contribution < 1.29 is 0 Å². The highest BCUT2D eigenvalue weighted by Gasteiger charge is 2.07. The van der Waals surface area contributed by atoms with Gasteiger partial charge in [0.05, 0.1) is 0 Å². The van der Waals surface area contributed by atoms with Gasteiger partial charge in [0.25, 0.3) is 0 Å². The van der Waals surface area contributed by atoms with Crippen LogP contribution in [0.4, 0.5) is 5.82 Å². The Morgan fingerprint density at radius 2 is 2.00 bits per heavy atom. The molecule has 0 bridgehead atoms. The Labute approximate surface area is 83.8 Å². The van der Waals surface area contributed by atoms with Crippen LogP contribution in [-0.4, -0.2) is 23.1 Å². The van der Waals surface area contributed by atoms with Gasteiger partial charge in [0.1, 0.15) is 16.8 Å². The number of aromatic nitrogens is 2. The molecule has 0 saturated heterocycles. The fourth-order valence-corrected chi connectivity index (χ4v) is 1.18. The van der Waals surface area contributed by atoms with E-state index in [-0.39, 0.29) is 0 Å². The molecule has 1 aromatic heterocycles. The van der Waals surface area contributed by atoms with Gasteiger partial charge in [-0.3, -0.25) is 0 Å². The summed E-state index contributed by atoms with van der Waals surface area (Å²) in [6.45, 7) is 6.04. The predicted octanol–water partition coefficient (Wildman–Crippen LogP) is 2.28. The molecule has 0 spiro atoms. The van der Waals surface area contributed by atoms with Gasteiger partial charge >= 0.3 is 0 Å². The van der Waals surface area contributed by atoms with Crippen molar-refractivity contribution in [3.8, 4) is 0 Å². The minimum absolute atomic E-state index is 0.408. The van der Waals surface area contributed by atoms with Crippen LogP contribution in [0.3, 0.4) is 0 Å². The van der Waals surface area contributed by atoms with E-state index in [1.807, 2.05) is 14.0 Å². The highest BCUT2D eigenvalue weighted by Crippen LogP contribution is 2.16. The van der Waals surface area contributed by atoms with E-state index in [4.69, 9.17) is 11.6 Å². The summed E-state index contributed by atoms with van der Waals surface area (Å²) in [7, 11) is 1.99. The molecule has 1 heterocycles. The maximum Gasteiger partial charge on any atom is 0.134 e. The first-order chi connectivity index (χ1) is 6.00. The van der Waals surface area contributed by atoms with Crippen molar-refractivity contribution in [3.05, 3.63) is 17.0 Å². The Bertz CT molecular complexity index is 279. The lowest BCUT2D eigenvalue weighted by molar-refractivity contribution is 0.739. The van der Waals surface area contributed by atoms with E-state index < -0.39 is 0 Å². The van der Waals surface area contributed by atoms with Crippen molar-refractivity contribution in [1.82, 2.24) is 9.97 Å². The van der Waals surface area contributed by atoms with Gasteiger partial charge in [-0.2, -0.15) is 0 Å². The van der Waals surface area contributed by atoms with Gasteiger partial charge in [0.2, 0.25) is 0 Å². The lowest BCUT2D eigenvalue weighted by Gasteiger charge is -2.22. The molecule has 0 amide bonds. The zero-order valence-corrected chi connectivity index (χ0v) is 9.13. The molecule has 72 valence electrons. The topological polar surface area (TPSA) is 29.0 Å². The van der Waals surface area contributed by atoms with E-state index in [1.54, 1.807) is 6.07 Å². The van der Waals surface area contributed by atoms with Gasteiger partial charge in [0, 0.05) is 19.2 Å². The fraction of sp³-hybridized carbons (Fsp3) is 0.556. The second-order valence-electron chi connectivity index (χ2n) is 3.30. The molecule has 4 heteroatoms. The van der Waals surface area contributed by atoms with Crippen LogP contribution in [0.1, 0.15) is 19.7 Å². The van der Waals surface area contributed by atoms with Crippen LogP contribution in [0, 0.1) is 6.92 Å². The molecule has 0 atom stereocenters. The molecule has 0 saturated carbocycles. The molecule has 0 aliphatic heterocycles. The van der Waals surface area contributed by atoms with Gasteiger partial charge in [-0.05, 0) is 20.8 Å². The molecule has 0 radical (unpaired) electrons. The molecule has 0 aliphatic carbocycles. The van der Waals surface area contributed by atoms with Crippen molar-refractivity contribution in [1.29, 1.82) is 0 Å². The molecule has 3 nitrogen and oxygen atoms in total. The average Bonchev–Trinajstić information content (AvgIpc) is 2.01. The van der Waals surface area contributed by atoms with Crippen molar-refractivity contribution in [3.63, 3.8) is 0 Å². The molecular weight excluding hydrogens is 186 g/mol. The Morgan fingerprint density at radius 1 is 1.38 bits per heavy atom. The lowest BCUT2D eigenvalue weighted by Crippen LogP contribution is -2.26. The Morgan fingerprint density at radius 3 is 2.46 bits per heavy atom. The third-order valence-electron chi connectivity index (χ3n) is 1.93. The van der Waals surface area contributed by atoms with Crippen LogP contribution in [-0.2, 0) is 0 Å². The van der Waals surface area contributed by atoms with E-state index in [9.17, 15) is 0 Å². The van der Waals surface area contributed by atoms with Gasteiger partial charge < -0.3 is 4.90 Å². The fourth-order valence-electron chi connectivity index (χ4n) is 0.962. The SMILES string of the molecule is Cc1nc(Cl)cc(N(C)C(C)C)n1. The minimum atomic E-state index is 0.408. The van der Waals surface area contributed by atoms with Gasteiger partial charge in [-0.15, -0.1) is 0 Å². The minimum Gasteiger partial charge on any atom is -0.357 e. The number of hydrogen-bond donors (Lipinski definition) is 0. The van der Waals surface area contributed by atoms with Crippen LogP contribution >= 0.6 is 11.6 Å². The Kier molecular flexibility index (Phi) is 3.09.